The van der Waals surface area contributed by atoms with E-state index in [1.807, 2.05) is 0 Å². The molecule has 3 atom stereocenters. The standard InChI is InChI=1S/C17H18N4O8/c1-17(7-29-16(26)20-28)6-11-10(14(23)21(11)12(17)15(24)25)5-9-4-8(2-3-18-9)13(22)19-27/h2-5,11-12,27-28H,6-7H2,1H3,(H,19,22)(H,20,26)(H,24,25)/b10-5+/t11?,12-,17-/m0/s1. The Labute approximate surface area is 163 Å². The molecule has 0 spiro atoms. The van der Waals surface area contributed by atoms with E-state index in [1.54, 1.807) is 6.92 Å². The lowest BCUT2D eigenvalue weighted by atomic mass is 9.81. The number of β-lactam (4-membered cyclic amide) rings is 1. The highest BCUT2D eigenvalue weighted by atomic mass is 16.6. The molecule has 29 heavy (non-hydrogen) atoms. The molecule has 1 aromatic heterocycles. The molecule has 12 heteroatoms. The number of ether oxygens (including phenoxy) is 1. The molecule has 1 aromatic rings. The molecule has 0 aliphatic carbocycles. The molecule has 0 radical (unpaired) electrons. The maximum Gasteiger partial charge on any atom is 0.431 e. The van der Waals surface area contributed by atoms with Gasteiger partial charge in [0.05, 0.1) is 11.7 Å². The second-order valence-corrected chi connectivity index (χ2v) is 7.03. The molecule has 2 fully saturated rings. The highest BCUT2D eigenvalue weighted by Crippen LogP contribution is 2.49. The first kappa shape index (κ1) is 20.2. The SMILES string of the molecule is C[C@@]1(COC(=O)NO)CC2/C(=C\c3cc(C(=O)NO)ccn3)C(=O)N2[C@H]1C(=O)O. The number of nitrogens with one attached hydrogen (secondary N) is 2. The van der Waals surface area contributed by atoms with E-state index in [0.717, 1.165) is 0 Å². The summed E-state index contributed by atoms with van der Waals surface area (Å²) in [5.74, 6) is -2.49. The molecule has 0 aromatic carbocycles. The summed E-state index contributed by atoms with van der Waals surface area (Å²) < 4.78 is 4.82. The average Bonchev–Trinajstić information content (AvgIpc) is 3.00. The van der Waals surface area contributed by atoms with Crippen molar-refractivity contribution in [1.82, 2.24) is 20.8 Å². The smallest absolute Gasteiger partial charge is 0.431 e. The van der Waals surface area contributed by atoms with Gasteiger partial charge >= 0.3 is 12.1 Å². The summed E-state index contributed by atoms with van der Waals surface area (Å²) in [6.07, 6.45) is 1.86. The van der Waals surface area contributed by atoms with E-state index >= 15 is 0 Å². The van der Waals surface area contributed by atoms with Crippen LogP contribution in [0.5, 0.6) is 0 Å². The molecule has 154 valence electrons. The summed E-state index contributed by atoms with van der Waals surface area (Å²) in [4.78, 5) is 52.3. The van der Waals surface area contributed by atoms with Crippen molar-refractivity contribution in [3.63, 3.8) is 0 Å². The largest absolute Gasteiger partial charge is 0.480 e. The summed E-state index contributed by atoms with van der Waals surface area (Å²) in [6.45, 7) is 1.25. The van der Waals surface area contributed by atoms with Crippen molar-refractivity contribution in [1.29, 1.82) is 0 Å². The van der Waals surface area contributed by atoms with Crippen molar-refractivity contribution in [3.8, 4) is 0 Å². The van der Waals surface area contributed by atoms with Crippen molar-refractivity contribution in [3.05, 3.63) is 35.2 Å². The molecule has 2 saturated heterocycles. The number of nitrogens with zero attached hydrogens (tertiary/aromatic N) is 2. The Balaban J connectivity index is 1.87. The molecule has 1 unspecified atom stereocenters. The van der Waals surface area contributed by atoms with Gasteiger partial charge in [0, 0.05) is 22.7 Å². The van der Waals surface area contributed by atoms with Gasteiger partial charge in [0.1, 0.15) is 12.6 Å². The number of hydrogen-bond donors (Lipinski definition) is 5. The first-order valence-electron chi connectivity index (χ1n) is 8.46. The average molecular weight is 406 g/mol. The molecule has 12 nitrogen and oxygen atoms in total. The lowest BCUT2D eigenvalue weighted by Crippen LogP contribution is -2.58. The molecule has 2 aliphatic rings. The Bertz CT molecular complexity index is 916. The van der Waals surface area contributed by atoms with E-state index in [1.165, 1.54) is 40.3 Å². The van der Waals surface area contributed by atoms with Crippen molar-refractivity contribution >= 4 is 30.0 Å². The Morgan fingerprint density at radius 1 is 1.38 bits per heavy atom. The first-order chi connectivity index (χ1) is 13.7. The first-order valence-corrected chi connectivity index (χ1v) is 8.46. The number of carbonyl (C=O) groups is 4. The quantitative estimate of drug-likeness (QED) is 0.191. The van der Waals surface area contributed by atoms with Crippen LogP contribution in [0, 0.1) is 5.41 Å². The lowest BCUT2D eigenvalue weighted by molar-refractivity contribution is -0.155. The zero-order chi connectivity index (χ0) is 21.3. The van der Waals surface area contributed by atoms with Crippen LogP contribution in [0.3, 0.4) is 0 Å². The molecule has 2 aliphatic heterocycles. The Kier molecular flexibility index (Phi) is 5.22. The molecule has 3 heterocycles. The summed E-state index contributed by atoms with van der Waals surface area (Å²) in [5, 5.41) is 26.9. The normalized spacial score (nSPS) is 26.5. The predicted molar refractivity (Wildman–Crippen MR) is 92.5 cm³/mol. The van der Waals surface area contributed by atoms with Gasteiger partial charge < -0.3 is 14.7 Å². The fraction of sp³-hybridized carbons (Fsp3) is 0.353. The minimum atomic E-state index is -1.24. The molecule has 3 amide bonds. The molecule has 0 saturated carbocycles. The predicted octanol–water partition coefficient (Wildman–Crippen LogP) is -0.227. The number of hydrogen-bond acceptors (Lipinski definition) is 8. The number of pyridine rings is 1. The van der Waals surface area contributed by atoms with E-state index in [9.17, 15) is 24.3 Å². The van der Waals surface area contributed by atoms with Gasteiger partial charge in [-0.3, -0.25) is 25.0 Å². The zero-order valence-electron chi connectivity index (χ0n) is 15.2. The Morgan fingerprint density at radius 2 is 2.10 bits per heavy atom. The van der Waals surface area contributed by atoms with Crippen molar-refractivity contribution in [2.45, 2.75) is 25.4 Å². The number of fused-ring (bicyclic) bond motifs is 1. The van der Waals surface area contributed by atoms with Gasteiger partial charge in [-0.15, -0.1) is 0 Å². The third-order valence-electron chi connectivity index (χ3n) is 5.08. The van der Waals surface area contributed by atoms with Crippen molar-refractivity contribution < 1.29 is 39.4 Å². The third-order valence-corrected chi connectivity index (χ3v) is 5.08. The highest BCUT2D eigenvalue weighted by Gasteiger charge is 2.62. The van der Waals surface area contributed by atoms with Crippen LogP contribution < -0.4 is 11.0 Å². The van der Waals surface area contributed by atoms with Gasteiger partial charge in [0.2, 0.25) is 0 Å². The van der Waals surface area contributed by atoms with E-state index in [4.69, 9.17) is 15.2 Å². The van der Waals surface area contributed by atoms with E-state index in [-0.39, 0.29) is 24.3 Å². The summed E-state index contributed by atoms with van der Waals surface area (Å²) in [5.41, 5.74) is 2.43. The van der Waals surface area contributed by atoms with E-state index in [2.05, 4.69) is 4.98 Å². The van der Waals surface area contributed by atoms with Gasteiger partial charge in [-0.25, -0.2) is 20.5 Å². The fourth-order valence-electron chi connectivity index (χ4n) is 3.78. The molecule has 5 N–H and O–H groups in total. The van der Waals surface area contributed by atoms with E-state index in [0.29, 0.717) is 5.57 Å². The van der Waals surface area contributed by atoms with Crippen LogP contribution >= 0.6 is 0 Å². The monoisotopic (exact) mass is 406 g/mol. The van der Waals surface area contributed by atoms with Crippen LogP contribution in [0.1, 0.15) is 29.4 Å². The maximum absolute atomic E-state index is 12.6. The number of amides is 3. The third kappa shape index (κ3) is 3.50. The summed E-state index contributed by atoms with van der Waals surface area (Å²) in [7, 11) is 0. The molecular formula is C17H18N4O8. The molecule has 0 bridgehead atoms. The van der Waals surface area contributed by atoms with Crippen LogP contribution in [-0.4, -0.2) is 68.0 Å². The number of rotatable bonds is 5. The summed E-state index contributed by atoms with van der Waals surface area (Å²) >= 11 is 0. The van der Waals surface area contributed by atoms with Gasteiger partial charge in [-0.2, -0.15) is 0 Å². The van der Waals surface area contributed by atoms with Crippen molar-refractivity contribution in [2.24, 2.45) is 5.41 Å². The minimum absolute atomic E-state index is 0.126. The second kappa shape index (κ2) is 7.48. The van der Waals surface area contributed by atoms with Crippen LogP contribution in [0.4, 0.5) is 4.79 Å². The lowest BCUT2D eigenvalue weighted by Gasteiger charge is -2.40. The van der Waals surface area contributed by atoms with Crippen molar-refractivity contribution in [2.75, 3.05) is 6.61 Å². The van der Waals surface area contributed by atoms with Crippen LogP contribution in [0.2, 0.25) is 0 Å². The van der Waals surface area contributed by atoms with Gasteiger partial charge in [-0.1, -0.05) is 6.92 Å². The number of carbonyl (C=O) groups excluding carboxylic acids is 3. The summed E-state index contributed by atoms with van der Waals surface area (Å²) in [6, 6.07) is 0.986. The Morgan fingerprint density at radius 3 is 2.72 bits per heavy atom. The van der Waals surface area contributed by atoms with E-state index < -0.39 is 41.4 Å². The van der Waals surface area contributed by atoms with Gasteiger partial charge in [0.15, 0.2) is 0 Å². The van der Waals surface area contributed by atoms with Crippen LogP contribution in [-0.2, 0) is 14.3 Å². The maximum atomic E-state index is 12.6. The molecule has 3 rings (SSSR count). The van der Waals surface area contributed by atoms with Crippen LogP contribution in [0.25, 0.3) is 6.08 Å². The zero-order valence-corrected chi connectivity index (χ0v) is 15.2. The van der Waals surface area contributed by atoms with Gasteiger partial charge in [-0.05, 0) is 24.6 Å². The van der Waals surface area contributed by atoms with Gasteiger partial charge in [0.25, 0.3) is 11.8 Å². The second-order valence-electron chi connectivity index (χ2n) is 7.03. The number of carboxylic acid groups (broad SMARTS) is 1. The van der Waals surface area contributed by atoms with Crippen LogP contribution in [0.15, 0.2) is 23.9 Å². The number of carboxylic acids is 1. The number of aromatic nitrogens is 1. The number of aliphatic carboxylic acids is 1. The fourth-order valence-corrected chi connectivity index (χ4v) is 3.78. The number of hydroxylamine groups is 2. The Hall–Kier alpha value is -3.51. The highest BCUT2D eigenvalue weighted by molar-refractivity contribution is 6.08. The topological polar surface area (TPSA) is 178 Å². The molecular weight excluding hydrogens is 388 g/mol. The minimum Gasteiger partial charge on any atom is -0.480 e.